The Kier molecular flexibility index (Phi) is 6.59. The van der Waals surface area contributed by atoms with E-state index in [2.05, 4.69) is 10.5 Å². The second-order valence-electron chi connectivity index (χ2n) is 6.66. The molecule has 0 aliphatic rings. The van der Waals surface area contributed by atoms with E-state index in [1.54, 1.807) is 6.92 Å². The molecule has 3 rings (SSSR count). The molecule has 0 radical (unpaired) electrons. The van der Waals surface area contributed by atoms with Crippen LogP contribution in [0.25, 0.3) is 17.0 Å². The highest BCUT2D eigenvalue weighted by Crippen LogP contribution is 2.31. The number of hydroxylamine groups is 1. The monoisotopic (exact) mass is 418 g/mol. The Bertz CT molecular complexity index is 1020. The molecule has 0 atom stereocenters. The van der Waals surface area contributed by atoms with Crippen molar-refractivity contribution in [2.45, 2.75) is 26.6 Å². The van der Waals surface area contributed by atoms with E-state index < -0.39 is 11.7 Å². The summed E-state index contributed by atoms with van der Waals surface area (Å²) in [6, 6.07) is 12.1. The number of hydrogen-bond donors (Lipinski definition) is 2. The summed E-state index contributed by atoms with van der Waals surface area (Å²) in [5, 5.41) is 8.70. The first-order valence-corrected chi connectivity index (χ1v) is 9.19. The minimum atomic E-state index is -4.39. The molecule has 0 fully saturated rings. The van der Waals surface area contributed by atoms with Crippen LogP contribution in [0.2, 0.25) is 0 Å². The lowest BCUT2D eigenvalue weighted by molar-refractivity contribution is -0.137. The van der Waals surface area contributed by atoms with Crippen molar-refractivity contribution < 1.29 is 27.5 Å². The van der Waals surface area contributed by atoms with Gasteiger partial charge in [0.05, 0.1) is 5.56 Å². The van der Waals surface area contributed by atoms with Gasteiger partial charge in [-0.1, -0.05) is 18.2 Å². The van der Waals surface area contributed by atoms with Crippen LogP contribution in [0.5, 0.6) is 5.75 Å². The Morgan fingerprint density at radius 2 is 1.93 bits per heavy atom. The molecule has 0 aliphatic carbocycles. The van der Waals surface area contributed by atoms with Crippen LogP contribution in [-0.4, -0.2) is 16.7 Å². The topological polar surface area (TPSA) is 67.5 Å². The molecule has 0 bridgehead atoms. The van der Waals surface area contributed by atoms with E-state index in [0.29, 0.717) is 29.3 Å². The minimum absolute atomic E-state index is 0.153. The lowest BCUT2D eigenvalue weighted by Crippen LogP contribution is -2.05. The van der Waals surface area contributed by atoms with Gasteiger partial charge >= 0.3 is 6.18 Å². The predicted molar refractivity (Wildman–Crippen MR) is 106 cm³/mol. The molecular weight excluding hydrogens is 397 g/mol. The number of halogens is 3. The van der Waals surface area contributed by atoms with Crippen LogP contribution in [0, 0.1) is 6.92 Å². The smallest absolute Gasteiger partial charge is 0.416 e. The average molecular weight is 418 g/mol. The first-order valence-electron chi connectivity index (χ1n) is 9.19. The zero-order valence-corrected chi connectivity index (χ0v) is 16.5. The SMILES string of the molecule is CC(=CCNO)c1cccc(OCc2nc(-c3ccc(C(F)(F)F)cc3)oc2C)c1. The first kappa shape index (κ1) is 21.6. The van der Waals surface area contributed by atoms with Crippen molar-refractivity contribution in [3.05, 3.63) is 77.2 Å². The zero-order valence-electron chi connectivity index (χ0n) is 16.5. The molecule has 0 aliphatic heterocycles. The summed E-state index contributed by atoms with van der Waals surface area (Å²) in [7, 11) is 0. The quantitative estimate of drug-likeness (QED) is 0.487. The van der Waals surface area contributed by atoms with Crippen LogP contribution in [0.3, 0.4) is 0 Å². The third-order valence-corrected chi connectivity index (χ3v) is 4.52. The van der Waals surface area contributed by atoms with E-state index in [-0.39, 0.29) is 12.5 Å². The van der Waals surface area contributed by atoms with E-state index in [1.807, 2.05) is 37.3 Å². The fourth-order valence-corrected chi connectivity index (χ4v) is 2.79. The minimum Gasteiger partial charge on any atom is -0.487 e. The van der Waals surface area contributed by atoms with Crippen molar-refractivity contribution >= 4 is 5.57 Å². The Labute approximate surface area is 171 Å². The number of aromatic nitrogens is 1. The van der Waals surface area contributed by atoms with Gasteiger partial charge in [-0.3, -0.25) is 0 Å². The van der Waals surface area contributed by atoms with Crippen molar-refractivity contribution in [3.8, 4) is 17.2 Å². The number of oxazole rings is 1. The summed E-state index contributed by atoms with van der Waals surface area (Å²) < 4.78 is 49.6. The molecule has 3 aromatic rings. The number of rotatable bonds is 7. The molecule has 2 aromatic carbocycles. The molecule has 1 heterocycles. The van der Waals surface area contributed by atoms with Crippen molar-refractivity contribution in [2.75, 3.05) is 6.54 Å². The maximum atomic E-state index is 12.7. The Morgan fingerprint density at radius 3 is 2.60 bits per heavy atom. The van der Waals surface area contributed by atoms with Gasteiger partial charge in [-0.25, -0.2) is 10.5 Å². The van der Waals surface area contributed by atoms with E-state index in [9.17, 15) is 13.2 Å². The number of alkyl halides is 3. The first-order chi connectivity index (χ1) is 14.3. The van der Waals surface area contributed by atoms with Gasteiger partial charge in [0.25, 0.3) is 0 Å². The summed E-state index contributed by atoms with van der Waals surface area (Å²) in [4.78, 5) is 4.36. The van der Waals surface area contributed by atoms with Crippen LogP contribution in [0.4, 0.5) is 13.2 Å². The summed E-state index contributed by atoms with van der Waals surface area (Å²) >= 11 is 0. The van der Waals surface area contributed by atoms with E-state index in [1.165, 1.54) is 12.1 Å². The molecule has 0 amide bonds. The summed E-state index contributed by atoms with van der Waals surface area (Å²) in [6.45, 7) is 4.14. The number of ether oxygens (including phenoxy) is 1. The summed E-state index contributed by atoms with van der Waals surface area (Å²) in [6.07, 6.45) is -2.54. The third kappa shape index (κ3) is 5.28. The number of nitrogens with zero attached hydrogens (tertiary/aromatic N) is 1. The van der Waals surface area contributed by atoms with Crippen molar-refractivity contribution in [1.29, 1.82) is 0 Å². The van der Waals surface area contributed by atoms with Crippen LogP contribution >= 0.6 is 0 Å². The molecule has 0 saturated carbocycles. The fourth-order valence-electron chi connectivity index (χ4n) is 2.79. The Balaban J connectivity index is 1.71. The van der Waals surface area contributed by atoms with E-state index in [4.69, 9.17) is 14.4 Å². The van der Waals surface area contributed by atoms with Gasteiger partial charge in [0, 0.05) is 12.1 Å². The number of nitrogens with one attached hydrogen (secondary N) is 1. The highest BCUT2D eigenvalue weighted by Gasteiger charge is 2.30. The number of aryl methyl sites for hydroxylation is 1. The van der Waals surface area contributed by atoms with Crippen LogP contribution < -0.4 is 10.2 Å². The van der Waals surface area contributed by atoms with Crippen molar-refractivity contribution in [3.63, 3.8) is 0 Å². The molecular formula is C22H21F3N2O3. The normalized spacial score (nSPS) is 12.3. The fraction of sp³-hybridized carbons (Fsp3) is 0.227. The number of hydrogen-bond acceptors (Lipinski definition) is 5. The molecule has 0 unspecified atom stereocenters. The van der Waals surface area contributed by atoms with Crippen molar-refractivity contribution in [2.24, 2.45) is 0 Å². The molecule has 8 heteroatoms. The standard InChI is InChI=1S/C22H21F3N2O3/c1-14(10-11-26-28)17-4-3-5-19(12-17)29-13-20-15(2)30-21(27-20)16-6-8-18(9-7-16)22(23,24)25/h3-10,12,26,28H,11,13H2,1-2H3. The molecule has 30 heavy (non-hydrogen) atoms. The maximum absolute atomic E-state index is 12.7. The van der Waals surface area contributed by atoms with Crippen LogP contribution in [0.1, 0.15) is 29.5 Å². The zero-order chi connectivity index (χ0) is 21.7. The highest BCUT2D eigenvalue weighted by atomic mass is 19.4. The molecule has 0 spiro atoms. The van der Waals surface area contributed by atoms with E-state index >= 15 is 0 Å². The summed E-state index contributed by atoms with van der Waals surface area (Å²) in [5.41, 5.74) is 4.30. The van der Waals surface area contributed by atoms with Gasteiger partial charge in [-0.2, -0.15) is 13.2 Å². The second-order valence-corrected chi connectivity index (χ2v) is 6.66. The third-order valence-electron chi connectivity index (χ3n) is 4.52. The van der Waals surface area contributed by atoms with Crippen molar-refractivity contribution in [1.82, 2.24) is 10.5 Å². The maximum Gasteiger partial charge on any atom is 0.416 e. The molecule has 1 aromatic heterocycles. The van der Waals surface area contributed by atoms with Gasteiger partial charge in [-0.05, 0) is 61.4 Å². The van der Waals surface area contributed by atoms with Gasteiger partial charge < -0.3 is 14.4 Å². The second kappa shape index (κ2) is 9.15. The largest absolute Gasteiger partial charge is 0.487 e. The van der Waals surface area contributed by atoms with E-state index in [0.717, 1.165) is 23.3 Å². The molecule has 158 valence electrons. The van der Waals surface area contributed by atoms with Gasteiger partial charge in [0.15, 0.2) is 0 Å². The lowest BCUT2D eigenvalue weighted by Gasteiger charge is -2.08. The molecule has 5 nitrogen and oxygen atoms in total. The molecule has 0 saturated heterocycles. The van der Waals surface area contributed by atoms with Gasteiger partial charge in [0.1, 0.15) is 23.8 Å². The molecule has 2 N–H and O–H groups in total. The van der Waals surface area contributed by atoms with Gasteiger partial charge in [-0.15, -0.1) is 0 Å². The number of benzene rings is 2. The lowest BCUT2D eigenvalue weighted by atomic mass is 10.1. The average Bonchev–Trinajstić information content (AvgIpc) is 3.10. The van der Waals surface area contributed by atoms with Gasteiger partial charge in [0.2, 0.25) is 5.89 Å². The highest BCUT2D eigenvalue weighted by molar-refractivity contribution is 5.65. The number of allylic oxidation sites excluding steroid dienone is 1. The summed E-state index contributed by atoms with van der Waals surface area (Å²) in [5.74, 6) is 1.41. The Morgan fingerprint density at radius 1 is 1.20 bits per heavy atom. The Hall–Kier alpha value is -3.10. The van der Waals surface area contributed by atoms with Crippen LogP contribution in [-0.2, 0) is 12.8 Å². The van der Waals surface area contributed by atoms with Crippen LogP contribution in [0.15, 0.2) is 59.0 Å². The predicted octanol–water partition coefficient (Wildman–Crippen LogP) is 5.63.